The molecule has 1 heterocycles. The van der Waals surface area contributed by atoms with Gasteiger partial charge in [-0.05, 0) is 44.4 Å². The van der Waals surface area contributed by atoms with Crippen LogP contribution in [-0.2, 0) is 37.4 Å². The highest BCUT2D eigenvalue weighted by Crippen LogP contribution is 2.43. The van der Waals surface area contributed by atoms with Crippen LogP contribution in [0.25, 0.3) is 0 Å². The third-order valence-electron chi connectivity index (χ3n) is 8.88. The van der Waals surface area contributed by atoms with Crippen LogP contribution >= 0.6 is 7.82 Å². The normalized spacial score (nSPS) is 19.0. The highest BCUT2D eigenvalue weighted by molar-refractivity contribution is 7.47. The first-order valence-electron chi connectivity index (χ1n) is 19.2. The molecule has 0 aromatic heterocycles. The van der Waals surface area contributed by atoms with Crippen LogP contribution in [-0.4, -0.2) is 77.9 Å². The Balaban J connectivity index is 2.29. The van der Waals surface area contributed by atoms with Crippen LogP contribution in [0.3, 0.4) is 0 Å². The zero-order valence-electron chi connectivity index (χ0n) is 30.8. The predicted molar refractivity (Wildman–Crippen MR) is 191 cm³/mol. The van der Waals surface area contributed by atoms with Gasteiger partial charge in [-0.3, -0.25) is 18.6 Å². The number of phosphoric ester groups is 1. The lowest BCUT2D eigenvalue weighted by molar-refractivity contribution is -0.161. The summed E-state index contributed by atoms with van der Waals surface area (Å²) in [6.07, 6.45) is 23.6. The minimum absolute atomic E-state index is 0.178. The number of allylic oxidation sites excluding steroid dienone is 1. The lowest BCUT2D eigenvalue weighted by Crippen LogP contribution is -2.29. The Bertz CT molecular complexity index is 915. The fraction of sp³-hybridized carbons (Fsp3) is 0.892. The van der Waals surface area contributed by atoms with Gasteiger partial charge in [0.25, 0.3) is 0 Å². The summed E-state index contributed by atoms with van der Waals surface area (Å²) in [6, 6.07) is 0. The van der Waals surface area contributed by atoms with Crippen LogP contribution in [0.2, 0.25) is 0 Å². The van der Waals surface area contributed by atoms with Crippen molar-refractivity contribution in [3.05, 3.63) is 12.2 Å². The van der Waals surface area contributed by atoms with Crippen molar-refractivity contribution >= 4 is 19.8 Å². The summed E-state index contributed by atoms with van der Waals surface area (Å²) < 4.78 is 38.3. The van der Waals surface area contributed by atoms with Crippen LogP contribution in [0.1, 0.15) is 156 Å². The lowest BCUT2D eigenvalue weighted by atomic mass is 10.00. The van der Waals surface area contributed by atoms with E-state index < -0.39 is 51.8 Å². The van der Waals surface area contributed by atoms with Crippen molar-refractivity contribution in [1.82, 2.24) is 0 Å². The maximum Gasteiger partial charge on any atom is 0.472 e. The fourth-order valence-electron chi connectivity index (χ4n) is 5.39. The smallest absolute Gasteiger partial charge is 0.462 e. The molecular formula is C37H69O11P. The van der Waals surface area contributed by atoms with Crippen LogP contribution in [0.15, 0.2) is 12.2 Å². The summed E-state index contributed by atoms with van der Waals surface area (Å²) in [4.78, 5) is 34.8. The van der Waals surface area contributed by atoms with Gasteiger partial charge in [0, 0.05) is 12.8 Å². The molecule has 11 nitrogen and oxygen atoms in total. The molecule has 4 unspecified atom stereocenters. The van der Waals surface area contributed by atoms with Crippen LogP contribution in [0, 0.1) is 5.92 Å². The Hall–Kier alpha value is -1.33. The van der Waals surface area contributed by atoms with Gasteiger partial charge in [0.15, 0.2) is 6.10 Å². The molecular weight excluding hydrogens is 651 g/mol. The summed E-state index contributed by atoms with van der Waals surface area (Å²) >= 11 is 0. The number of carbonyl (C=O) groups is 2. The van der Waals surface area contributed by atoms with Gasteiger partial charge in [0.05, 0.1) is 32.0 Å². The minimum atomic E-state index is -4.61. The third kappa shape index (κ3) is 27.1. The fourth-order valence-corrected chi connectivity index (χ4v) is 6.18. The van der Waals surface area contributed by atoms with Crippen molar-refractivity contribution in [2.24, 2.45) is 5.92 Å². The number of aliphatic hydroxyl groups is 2. The van der Waals surface area contributed by atoms with Gasteiger partial charge in [0.2, 0.25) is 0 Å². The second-order valence-corrected chi connectivity index (χ2v) is 15.0. The summed E-state index contributed by atoms with van der Waals surface area (Å²) in [5.41, 5.74) is 0. The molecule has 0 aromatic carbocycles. The average molecular weight is 721 g/mol. The maximum atomic E-state index is 12.5. The standard InChI is InChI=1S/C37H69O11P/c1-4-6-7-8-13-18-23-34-35(48-34)24-19-14-11-16-20-25-36(40)44-29-33(30-46-49(42,43)45-28-32(39)27-38)47-37(41)26-21-15-10-9-12-17-22-31(3)5-2/h13,18,31-35,38-39H,4-12,14-17,19-30H2,1-3H3,(H,42,43)/b18-13-/t31?,32-,33+,34?,35?/m0/s1. The molecule has 1 saturated heterocycles. The predicted octanol–water partition coefficient (Wildman–Crippen LogP) is 8.12. The number of esters is 2. The quantitative estimate of drug-likeness (QED) is 0.0194. The molecule has 0 bridgehead atoms. The number of epoxide rings is 1. The Morgan fingerprint density at radius 3 is 2.10 bits per heavy atom. The van der Waals surface area contributed by atoms with Gasteiger partial charge in [-0.2, -0.15) is 0 Å². The van der Waals surface area contributed by atoms with E-state index in [2.05, 4.69) is 37.4 Å². The van der Waals surface area contributed by atoms with Gasteiger partial charge >= 0.3 is 19.8 Å². The van der Waals surface area contributed by atoms with Crippen molar-refractivity contribution in [3.63, 3.8) is 0 Å². The summed E-state index contributed by atoms with van der Waals surface area (Å²) in [5.74, 6) is -0.188. The molecule has 1 aliphatic heterocycles. The van der Waals surface area contributed by atoms with E-state index in [-0.39, 0.29) is 19.4 Å². The van der Waals surface area contributed by atoms with Crippen LogP contribution in [0.5, 0.6) is 0 Å². The number of carbonyl (C=O) groups excluding carboxylic acids is 2. The molecule has 1 aliphatic rings. The molecule has 288 valence electrons. The highest BCUT2D eigenvalue weighted by Gasteiger charge is 2.36. The first kappa shape index (κ1) is 45.7. The summed E-state index contributed by atoms with van der Waals surface area (Å²) in [5, 5.41) is 18.3. The molecule has 0 aliphatic carbocycles. The SMILES string of the molecule is CCCCC/C=C\CC1OC1CCCCCCCC(=O)OC[C@H](COP(=O)(O)OC[C@@H](O)CO)OC(=O)CCCCCCCCC(C)CC. The summed E-state index contributed by atoms with van der Waals surface area (Å²) in [6.45, 7) is 4.57. The molecule has 1 rings (SSSR count). The van der Waals surface area contributed by atoms with Crippen molar-refractivity contribution in [1.29, 1.82) is 0 Å². The minimum Gasteiger partial charge on any atom is -0.462 e. The first-order chi connectivity index (χ1) is 23.6. The second-order valence-electron chi connectivity index (χ2n) is 13.6. The number of hydrogen-bond donors (Lipinski definition) is 3. The largest absolute Gasteiger partial charge is 0.472 e. The lowest BCUT2D eigenvalue weighted by Gasteiger charge is -2.20. The second kappa shape index (κ2) is 29.3. The van der Waals surface area contributed by atoms with E-state index in [4.69, 9.17) is 23.8 Å². The molecule has 1 fully saturated rings. The van der Waals surface area contributed by atoms with Crippen molar-refractivity contribution in [2.75, 3.05) is 26.4 Å². The molecule has 6 atom stereocenters. The van der Waals surface area contributed by atoms with E-state index in [0.29, 0.717) is 25.0 Å². The van der Waals surface area contributed by atoms with E-state index in [1.165, 1.54) is 44.9 Å². The number of phosphoric acid groups is 1. The van der Waals surface area contributed by atoms with Gasteiger partial charge < -0.3 is 29.3 Å². The Morgan fingerprint density at radius 1 is 0.796 bits per heavy atom. The summed E-state index contributed by atoms with van der Waals surface area (Å²) in [7, 11) is -4.61. The first-order valence-corrected chi connectivity index (χ1v) is 20.7. The van der Waals surface area contributed by atoms with Crippen molar-refractivity contribution < 1.29 is 52.5 Å². The van der Waals surface area contributed by atoms with Gasteiger partial charge in [-0.15, -0.1) is 0 Å². The zero-order chi connectivity index (χ0) is 36.2. The molecule has 0 aromatic rings. The average Bonchev–Trinajstić information content (AvgIpc) is 3.84. The number of hydrogen-bond acceptors (Lipinski definition) is 10. The molecule has 49 heavy (non-hydrogen) atoms. The van der Waals surface area contributed by atoms with Gasteiger partial charge in [-0.1, -0.05) is 116 Å². The van der Waals surface area contributed by atoms with E-state index in [9.17, 15) is 24.2 Å². The zero-order valence-corrected chi connectivity index (χ0v) is 31.7. The highest BCUT2D eigenvalue weighted by atomic mass is 31.2. The third-order valence-corrected chi connectivity index (χ3v) is 9.83. The van der Waals surface area contributed by atoms with Crippen LogP contribution in [0.4, 0.5) is 0 Å². The van der Waals surface area contributed by atoms with Gasteiger partial charge in [-0.25, -0.2) is 4.57 Å². The molecule has 12 heteroatoms. The van der Waals surface area contributed by atoms with Crippen molar-refractivity contribution in [2.45, 2.75) is 180 Å². The molecule has 0 amide bonds. The Labute approximate surface area is 296 Å². The molecule has 3 N–H and O–H groups in total. The molecule has 0 radical (unpaired) electrons. The van der Waals surface area contributed by atoms with Gasteiger partial charge in [0.1, 0.15) is 12.7 Å². The molecule has 0 saturated carbocycles. The topological polar surface area (TPSA) is 161 Å². The van der Waals surface area contributed by atoms with E-state index in [1.54, 1.807) is 0 Å². The maximum absolute atomic E-state index is 12.5. The number of rotatable bonds is 34. The number of aliphatic hydroxyl groups excluding tert-OH is 2. The van der Waals surface area contributed by atoms with Crippen LogP contribution < -0.4 is 0 Å². The molecule has 0 spiro atoms. The Kier molecular flexibility index (Phi) is 27.3. The number of ether oxygens (including phenoxy) is 3. The Morgan fingerprint density at radius 2 is 1.43 bits per heavy atom. The van der Waals surface area contributed by atoms with E-state index in [1.807, 2.05) is 0 Å². The van der Waals surface area contributed by atoms with E-state index >= 15 is 0 Å². The van der Waals surface area contributed by atoms with Crippen molar-refractivity contribution in [3.8, 4) is 0 Å². The van der Waals surface area contributed by atoms with E-state index in [0.717, 1.165) is 70.1 Å². The number of unbranched alkanes of at least 4 members (excludes halogenated alkanes) is 12. The monoisotopic (exact) mass is 720 g/mol.